The molecular formula is C16H13F4NO2S. The first-order chi connectivity index (χ1) is 11.1. The summed E-state index contributed by atoms with van der Waals surface area (Å²) in [4.78, 5) is -0.939. The molecule has 2 aromatic carbocycles. The fraction of sp³-hybridized carbons (Fsp3) is 0.250. The Labute approximate surface area is 136 Å². The van der Waals surface area contributed by atoms with Gasteiger partial charge in [-0.2, -0.15) is 13.2 Å². The highest BCUT2D eigenvalue weighted by Gasteiger charge is 2.41. The molecule has 0 fully saturated rings. The SMILES string of the molecule is Cc1ccc2c(c1)N(S(=O)(=O)c1ccc(F)cc1C(F)(F)F)CC2. The summed E-state index contributed by atoms with van der Waals surface area (Å²) in [6.45, 7) is 1.82. The van der Waals surface area contributed by atoms with Crippen molar-refractivity contribution in [3.05, 3.63) is 58.9 Å². The molecule has 0 saturated heterocycles. The zero-order valence-electron chi connectivity index (χ0n) is 12.6. The Morgan fingerprint density at radius 3 is 2.46 bits per heavy atom. The van der Waals surface area contributed by atoms with Crippen LogP contribution in [-0.4, -0.2) is 15.0 Å². The molecule has 1 aliphatic heterocycles. The minimum Gasteiger partial charge on any atom is -0.266 e. The van der Waals surface area contributed by atoms with Gasteiger partial charge in [-0.25, -0.2) is 12.8 Å². The lowest BCUT2D eigenvalue weighted by atomic mass is 10.1. The van der Waals surface area contributed by atoms with Crippen LogP contribution in [0.2, 0.25) is 0 Å². The number of rotatable bonds is 2. The van der Waals surface area contributed by atoms with Crippen molar-refractivity contribution in [3.63, 3.8) is 0 Å². The van der Waals surface area contributed by atoms with Gasteiger partial charge in [0.1, 0.15) is 5.82 Å². The highest BCUT2D eigenvalue weighted by atomic mass is 32.2. The van der Waals surface area contributed by atoms with Crippen LogP contribution in [-0.2, 0) is 22.6 Å². The molecule has 0 aromatic heterocycles. The lowest BCUT2D eigenvalue weighted by Gasteiger charge is -2.22. The Morgan fingerprint density at radius 1 is 1.08 bits per heavy atom. The number of halogens is 4. The number of hydrogen-bond donors (Lipinski definition) is 0. The van der Waals surface area contributed by atoms with Crippen LogP contribution in [0.4, 0.5) is 23.2 Å². The summed E-state index contributed by atoms with van der Waals surface area (Å²) in [6.07, 6.45) is -4.56. The van der Waals surface area contributed by atoms with Crippen molar-refractivity contribution < 1.29 is 26.0 Å². The fourth-order valence-electron chi connectivity index (χ4n) is 2.78. The summed E-state index contributed by atoms with van der Waals surface area (Å²) in [7, 11) is -4.45. The van der Waals surface area contributed by atoms with Gasteiger partial charge in [0.2, 0.25) is 0 Å². The van der Waals surface area contributed by atoms with Crippen LogP contribution < -0.4 is 4.31 Å². The molecule has 0 amide bonds. The first kappa shape index (κ1) is 16.8. The first-order valence-electron chi connectivity index (χ1n) is 7.10. The smallest absolute Gasteiger partial charge is 0.266 e. The molecule has 1 aliphatic rings. The van der Waals surface area contributed by atoms with E-state index in [1.807, 2.05) is 6.07 Å². The molecule has 0 saturated carbocycles. The summed E-state index contributed by atoms with van der Waals surface area (Å²) in [5.41, 5.74) is 0.418. The maximum absolute atomic E-state index is 13.2. The van der Waals surface area contributed by atoms with Crippen molar-refractivity contribution in [2.75, 3.05) is 10.8 Å². The minimum absolute atomic E-state index is 0.0514. The molecule has 0 atom stereocenters. The number of anilines is 1. The van der Waals surface area contributed by atoms with Crippen LogP contribution in [0.3, 0.4) is 0 Å². The topological polar surface area (TPSA) is 37.4 Å². The molecule has 0 spiro atoms. The van der Waals surface area contributed by atoms with E-state index in [0.29, 0.717) is 18.2 Å². The number of alkyl halides is 3. The Hall–Kier alpha value is -2.09. The molecule has 1 heterocycles. The second-order valence-electron chi connectivity index (χ2n) is 5.60. The van der Waals surface area contributed by atoms with E-state index in [9.17, 15) is 26.0 Å². The van der Waals surface area contributed by atoms with E-state index in [0.717, 1.165) is 21.5 Å². The lowest BCUT2D eigenvalue weighted by molar-refractivity contribution is -0.140. The van der Waals surface area contributed by atoms with Crippen LogP contribution in [0, 0.1) is 12.7 Å². The van der Waals surface area contributed by atoms with E-state index in [1.54, 1.807) is 19.1 Å². The Balaban J connectivity index is 2.17. The van der Waals surface area contributed by atoms with Crippen molar-refractivity contribution >= 4 is 15.7 Å². The van der Waals surface area contributed by atoms with Crippen LogP contribution in [0.1, 0.15) is 16.7 Å². The maximum atomic E-state index is 13.2. The average molecular weight is 359 g/mol. The van der Waals surface area contributed by atoms with Gasteiger partial charge in [0.05, 0.1) is 16.1 Å². The molecule has 0 unspecified atom stereocenters. The molecule has 24 heavy (non-hydrogen) atoms. The number of sulfonamides is 1. The van der Waals surface area contributed by atoms with Gasteiger partial charge in [0, 0.05) is 6.54 Å². The zero-order valence-corrected chi connectivity index (χ0v) is 13.4. The third-order valence-corrected chi connectivity index (χ3v) is 5.78. The van der Waals surface area contributed by atoms with Crippen molar-refractivity contribution in [2.45, 2.75) is 24.4 Å². The number of benzene rings is 2. The van der Waals surface area contributed by atoms with E-state index in [2.05, 4.69) is 0 Å². The number of aryl methyl sites for hydroxylation is 1. The van der Waals surface area contributed by atoms with Crippen LogP contribution in [0.25, 0.3) is 0 Å². The average Bonchev–Trinajstić information content (AvgIpc) is 2.89. The number of hydrogen-bond acceptors (Lipinski definition) is 2. The molecule has 0 N–H and O–H groups in total. The summed E-state index contributed by atoms with van der Waals surface area (Å²) < 4.78 is 79.2. The summed E-state index contributed by atoms with van der Waals surface area (Å²) in [5.74, 6) is -1.14. The van der Waals surface area contributed by atoms with Gasteiger partial charge in [-0.1, -0.05) is 12.1 Å². The molecule has 2 aromatic rings. The molecule has 3 nitrogen and oxygen atoms in total. The highest BCUT2D eigenvalue weighted by molar-refractivity contribution is 7.93. The minimum atomic E-state index is -4.97. The van der Waals surface area contributed by atoms with Gasteiger partial charge in [0.15, 0.2) is 0 Å². The summed E-state index contributed by atoms with van der Waals surface area (Å²) in [5, 5.41) is 0. The lowest BCUT2D eigenvalue weighted by Crippen LogP contribution is -2.31. The Kier molecular flexibility index (Phi) is 3.82. The van der Waals surface area contributed by atoms with Crippen LogP contribution in [0.5, 0.6) is 0 Å². The quantitative estimate of drug-likeness (QED) is 0.763. The normalized spacial score (nSPS) is 14.8. The molecular weight excluding hydrogens is 346 g/mol. The predicted molar refractivity (Wildman–Crippen MR) is 80.8 cm³/mol. The second kappa shape index (κ2) is 5.47. The largest absolute Gasteiger partial charge is 0.417 e. The third-order valence-electron chi connectivity index (χ3n) is 3.91. The van der Waals surface area contributed by atoms with E-state index < -0.39 is 32.5 Å². The number of fused-ring (bicyclic) bond motifs is 1. The standard InChI is InChI=1S/C16H13F4NO2S/c1-10-2-3-11-6-7-21(14(11)8-10)24(22,23)15-5-4-12(17)9-13(15)16(18,19)20/h2-5,8-9H,6-7H2,1H3. The predicted octanol–water partition coefficient (Wildman–Crippen LogP) is 3.90. The van der Waals surface area contributed by atoms with Gasteiger partial charge in [-0.05, 0) is 48.7 Å². The van der Waals surface area contributed by atoms with Crippen molar-refractivity contribution in [1.29, 1.82) is 0 Å². The van der Waals surface area contributed by atoms with E-state index in [1.165, 1.54) is 0 Å². The van der Waals surface area contributed by atoms with Crippen LogP contribution >= 0.6 is 0 Å². The van der Waals surface area contributed by atoms with Gasteiger partial charge in [-0.3, -0.25) is 4.31 Å². The second-order valence-corrected chi connectivity index (χ2v) is 7.43. The molecule has 0 bridgehead atoms. The van der Waals surface area contributed by atoms with Gasteiger partial charge < -0.3 is 0 Å². The Bertz CT molecular complexity index is 907. The van der Waals surface area contributed by atoms with Crippen molar-refractivity contribution in [3.8, 4) is 0 Å². The molecule has 0 aliphatic carbocycles. The fourth-order valence-corrected chi connectivity index (χ4v) is 4.47. The van der Waals surface area contributed by atoms with Crippen molar-refractivity contribution in [2.24, 2.45) is 0 Å². The van der Waals surface area contributed by atoms with E-state index in [4.69, 9.17) is 0 Å². The molecule has 128 valence electrons. The number of nitrogens with zero attached hydrogens (tertiary/aromatic N) is 1. The zero-order chi connectivity index (χ0) is 17.7. The molecule has 3 rings (SSSR count). The first-order valence-corrected chi connectivity index (χ1v) is 8.54. The third kappa shape index (κ3) is 2.75. The monoisotopic (exact) mass is 359 g/mol. The maximum Gasteiger partial charge on any atom is 0.417 e. The van der Waals surface area contributed by atoms with Crippen LogP contribution in [0.15, 0.2) is 41.3 Å². The van der Waals surface area contributed by atoms with Gasteiger partial charge in [-0.15, -0.1) is 0 Å². The van der Waals surface area contributed by atoms with Gasteiger partial charge in [0.25, 0.3) is 10.0 Å². The molecule has 0 radical (unpaired) electrons. The van der Waals surface area contributed by atoms with E-state index >= 15 is 0 Å². The highest BCUT2D eigenvalue weighted by Crippen LogP contribution is 2.39. The Morgan fingerprint density at radius 2 is 1.79 bits per heavy atom. The molecule has 8 heteroatoms. The van der Waals surface area contributed by atoms with Crippen molar-refractivity contribution in [1.82, 2.24) is 0 Å². The van der Waals surface area contributed by atoms with Gasteiger partial charge >= 0.3 is 6.18 Å². The van der Waals surface area contributed by atoms with E-state index in [-0.39, 0.29) is 12.6 Å². The summed E-state index contributed by atoms with van der Waals surface area (Å²) in [6, 6.07) is 6.79. The summed E-state index contributed by atoms with van der Waals surface area (Å²) >= 11 is 0.